The molecule has 1 aliphatic carbocycles. The molecule has 1 aliphatic rings. The van der Waals surface area contributed by atoms with Gasteiger partial charge in [-0.05, 0) is 42.0 Å². The molecule has 0 saturated heterocycles. The Hall–Kier alpha value is -3.48. The van der Waals surface area contributed by atoms with E-state index in [2.05, 4.69) is 20.2 Å². The Bertz CT molecular complexity index is 1610. The first-order chi connectivity index (χ1) is 17.3. The summed E-state index contributed by atoms with van der Waals surface area (Å²) in [6.45, 7) is 1.46. The highest BCUT2D eigenvalue weighted by Gasteiger charge is 2.60. The zero-order chi connectivity index (χ0) is 26.8. The normalized spacial score (nSPS) is 14.9. The van der Waals surface area contributed by atoms with Gasteiger partial charge in [0.05, 0.1) is 10.6 Å². The van der Waals surface area contributed by atoms with Gasteiger partial charge in [0.2, 0.25) is 0 Å². The average molecular weight is 538 g/mol. The van der Waals surface area contributed by atoms with Crippen molar-refractivity contribution < 1.29 is 30.4 Å². The molecule has 5 rings (SSSR count). The van der Waals surface area contributed by atoms with Crippen molar-refractivity contribution in [3.63, 3.8) is 0 Å². The SMILES string of the molecule is CCS(=O)(=O)c1cc(-c2ccc(C3CC3)cc2)cnc1-c1nc2cc(C(F)(F)C(F)(F)F)nnc2n1C. The second-order valence-electron chi connectivity index (χ2n) is 8.88. The fraction of sp³-hybridized carbons (Fsp3) is 0.333. The van der Waals surface area contributed by atoms with Gasteiger partial charge >= 0.3 is 12.1 Å². The summed E-state index contributed by atoms with van der Waals surface area (Å²) in [5.74, 6) is -5.00. The lowest BCUT2D eigenvalue weighted by molar-refractivity contribution is -0.291. The van der Waals surface area contributed by atoms with E-state index in [9.17, 15) is 30.4 Å². The second kappa shape index (κ2) is 8.54. The van der Waals surface area contributed by atoms with Crippen molar-refractivity contribution in [1.82, 2.24) is 24.7 Å². The first kappa shape index (κ1) is 25.2. The molecule has 0 radical (unpaired) electrons. The molecule has 1 aromatic carbocycles. The zero-order valence-corrected chi connectivity index (χ0v) is 20.4. The standard InChI is InChI=1S/C24H20F5N5O2S/c1-3-37(35,36)18-10-16(15-8-6-14(7-9-15)13-4-5-13)12-30-20(18)22-31-17-11-19(23(25,26)24(27,28)29)32-33-21(17)34(22)2/h6-13H,3-5H2,1-2H3. The summed E-state index contributed by atoms with van der Waals surface area (Å²) in [7, 11) is -2.43. The van der Waals surface area contributed by atoms with Crippen LogP contribution in [0.15, 0.2) is 47.5 Å². The number of hydrogen-bond donors (Lipinski definition) is 0. The summed E-state index contributed by atoms with van der Waals surface area (Å²) in [6.07, 6.45) is -2.12. The number of hydrogen-bond acceptors (Lipinski definition) is 6. The lowest BCUT2D eigenvalue weighted by atomic mass is 10.0. The first-order valence-corrected chi connectivity index (χ1v) is 13.0. The predicted molar refractivity (Wildman–Crippen MR) is 125 cm³/mol. The Morgan fingerprint density at radius 2 is 1.68 bits per heavy atom. The third kappa shape index (κ3) is 4.34. The molecule has 0 aliphatic heterocycles. The Morgan fingerprint density at radius 1 is 1.00 bits per heavy atom. The Labute approximate surface area is 208 Å². The molecule has 0 N–H and O–H groups in total. The van der Waals surface area contributed by atoms with Gasteiger partial charge < -0.3 is 4.57 Å². The van der Waals surface area contributed by atoms with Crippen LogP contribution in [0.1, 0.15) is 36.9 Å². The highest BCUT2D eigenvalue weighted by molar-refractivity contribution is 7.91. The molecule has 3 aromatic heterocycles. The van der Waals surface area contributed by atoms with Gasteiger partial charge in [0, 0.05) is 18.8 Å². The summed E-state index contributed by atoms with van der Waals surface area (Å²) in [4.78, 5) is 8.31. The number of aromatic nitrogens is 5. The Balaban J connectivity index is 1.63. The largest absolute Gasteiger partial charge is 0.459 e. The van der Waals surface area contributed by atoms with Crippen molar-refractivity contribution >= 4 is 21.0 Å². The maximum Gasteiger partial charge on any atom is 0.459 e. The minimum Gasteiger partial charge on any atom is -0.309 e. The maximum absolute atomic E-state index is 13.8. The van der Waals surface area contributed by atoms with Crippen LogP contribution in [0, 0.1) is 0 Å². The van der Waals surface area contributed by atoms with Crippen LogP contribution in [0.3, 0.4) is 0 Å². The fourth-order valence-corrected chi connectivity index (χ4v) is 5.08. The van der Waals surface area contributed by atoms with Crippen molar-refractivity contribution in [3.05, 3.63) is 53.9 Å². The van der Waals surface area contributed by atoms with Gasteiger partial charge in [-0.3, -0.25) is 4.98 Å². The lowest BCUT2D eigenvalue weighted by Gasteiger charge is -2.17. The number of nitrogens with zero attached hydrogens (tertiary/aromatic N) is 5. The molecule has 4 aromatic rings. The van der Waals surface area contributed by atoms with Crippen LogP contribution in [0.4, 0.5) is 22.0 Å². The fourth-order valence-electron chi connectivity index (χ4n) is 4.02. The number of alkyl halides is 5. The molecule has 1 saturated carbocycles. The summed E-state index contributed by atoms with van der Waals surface area (Å²) >= 11 is 0. The van der Waals surface area contributed by atoms with Gasteiger partial charge in [-0.2, -0.15) is 22.0 Å². The molecule has 0 spiro atoms. The highest BCUT2D eigenvalue weighted by atomic mass is 32.2. The van der Waals surface area contributed by atoms with E-state index < -0.39 is 27.6 Å². The minimum absolute atomic E-state index is 0.0700. The molecule has 3 heterocycles. The van der Waals surface area contributed by atoms with Gasteiger partial charge in [0.25, 0.3) is 0 Å². The van der Waals surface area contributed by atoms with Crippen LogP contribution in [-0.4, -0.2) is 45.1 Å². The third-order valence-corrected chi connectivity index (χ3v) is 8.11. The number of fused-ring (bicyclic) bond motifs is 1. The van der Waals surface area contributed by atoms with E-state index in [0.717, 1.165) is 18.4 Å². The molecule has 0 atom stereocenters. The van der Waals surface area contributed by atoms with Crippen LogP contribution < -0.4 is 0 Å². The summed E-state index contributed by atoms with van der Waals surface area (Å²) < 4.78 is 93.4. The van der Waals surface area contributed by atoms with E-state index in [1.165, 1.54) is 36.4 Å². The number of imidazole rings is 1. The van der Waals surface area contributed by atoms with Gasteiger partial charge in [0.15, 0.2) is 21.3 Å². The molecule has 37 heavy (non-hydrogen) atoms. The number of pyridine rings is 1. The number of halogens is 5. The van der Waals surface area contributed by atoms with Crippen LogP contribution in [0.2, 0.25) is 0 Å². The van der Waals surface area contributed by atoms with E-state index in [4.69, 9.17) is 0 Å². The third-order valence-electron chi connectivity index (χ3n) is 6.37. The molecule has 1 fully saturated rings. The molecule has 194 valence electrons. The van der Waals surface area contributed by atoms with Crippen LogP contribution in [0.5, 0.6) is 0 Å². The summed E-state index contributed by atoms with van der Waals surface area (Å²) in [5, 5.41) is 6.56. The molecular formula is C24H20F5N5O2S. The maximum atomic E-state index is 13.8. The number of rotatable bonds is 6. The quantitative estimate of drug-likeness (QED) is 0.305. The topological polar surface area (TPSA) is 90.6 Å². The summed E-state index contributed by atoms with van der Waals surface area (Å²) in [6, 6.07) is 9.71. The number of aryl methyl sites for hydroxylation is 1. The molecular weight excluding hydrogens is 517 g/mol. The monoisotopic (exact) mass is 537 g/mol. The number of sulfone groups is 1. The summed E-state index contributed by atoms with van der Waals surface area (Å²) in [5.41, 5.74) is 0.396. The molecule has 7 nitrogen and oxygen atoms in total. The van der Waals surface area contributed by atoms with Crippen molar-refractivity contribution in [3.8, 4) is 22.6 Å². The lowest BCUT2D eigenvalue weighted by Crippen LogP contribution is -2.34. The molecule has 0 amide bonds. The first-order valence-electron chi connectivity index (χ1n) is 11.3. The Kier molecular flexibility index (Phi) is 5.81. The minimum atomic E-state index is -5.87. The molecule has 0 bridgehead atoms. The smallest absolute Gasteiger partial charge is 0.309 e. The average Bonchev–Trinajstić information content (AvgIpc) is 3.66. The zero-order valence-electron chi connectivity index (χ0n) is 19.6. The Morgan fingerprint density at radius 3 is 2.27 bits per heavy atom. The van der Waals surface area contributed by atoms with Gasteiger partial charge in [-0.1, -0.05) is 31.2 Å². The van der Waals surface area contributed by atoms with Gasteiger partial charge in [-0.25, -0.2) is 13.4 Å². The van der Waals surface area contributed by atoms with Crippen LogP contribution in [0.25, 0.3) is 33.8 Å². The van der Waals surface area contributed by atoms with Crippen molar-refractivity contribution in [1.29, 1.82) is 0 Å². The van der Waals surface area contributed by atoms with Gasteiger partial charge in [0.1, 0.15) is 16.9 Å². The van der Waals surface area contributed by atoms with E-state index in [1.54, 1.807) is 0 Å². The second-order valence-corrected chi connectivity index (χ2v) is 11.1. The van der Waals surface area contributed by atoms with Gasteiger partial charge in [-0.15, -0.1) is 10.2 Å². The van der Waals surface area contributed by atoms with Crippen LogP contribution in [-0.2, 0) is 22.8 Å². The molecule has 0 unspecified atom stereocenters. The van der Waals surface area contributed by atoms with E-state index >= 15 is 0 Å². The van der Waals surface area contributed by atoms with Crippen molar-refractivity contribution in [2.24, 2.45) is 7.05 Å². The molecule has 13 heteroatoms. The predicted octanol–water partition coefficient (Wildman–Crippen LogP) is 5.42. The van der Waals surface area contributed by atoms with Crippen molar-refractivity contribution in [2.45, 2.75) is 42.7 Å². The van der Waals surface area contributed by atoms with E-state index in [0.29, 0.717) is 17.5 Å². The van der Waals surface area contributed by atoms with Crippen LogP contribution >= 0.6 is 0 Å². The van der Waals surface area contributed by atoms with Crippen molar-refractivity contribution in [2.75, 3.05) is 5.75 Å². The van der Waals surface area contributed by atoms with E-state index in [-0.39, 0.29) is 33.3 Å². The van der Waals surface area contributed by atoms with E-state index in [1.807, 2.05) is 24.3 Å². The highest BCUT2D eigenvalue weighted by Crippen LogP contribution is 2.43. The number of benzene rings is 1.